The topological polar surface area (TPSA) is 92.0 Å². The van der Waals surface area contributed by atoms with Gasteiger partial charge in [0, 0.05) is 41.5 Å². The lowest BCUT2D eigenvalue weighted by Gasteiger charge is -2.39. The van der Waals surface area contributed by atoms with Crippen LogP contribution in [0.25, 0.3) is 21.9 Å². The first-order chi connectivity index (χ1) is 20.8. The molecule has 0 bridgehead atoms. The first kappa shape index (κ1) is 33.1. The fourth-order valence-corrected chi connectivity index (χ4v) is 6.45. The van der Waals surface area contributed by atoms with Gasteiger partial charge >= 0.3 is 11.9 Å². The average molecular weight is 617 g/mol. The van der Waals surface area contributed by atoms with Gasteiger partial charge in [0.05, 0.1) is 20.3 Å². The zero-order valence-corrected chi connectivity index (χ0v) is 27.9. The summed E-state index contributed by atoms with van der Waals surface area (Å²) < 4.78 is 22.8. The van der Waals surface area contributed by atoms with Gasteiger partial charge < -0.3 is 18.3 Å². The van der Waals surface area contributed by atoms with Crippen molar-refractivity contribution in [2.75, 3.05) is 14.2 Å². The van der Waals surface area contributed by atoms with E-state index in [1.54, 1.807) is 6.07 Å². The molecule has 1 aromatic heterocycles. The van der Waals surface area contributed by atoms with E-state index in [1.807, 2.05) is 36.4 Å². The first-order valence-corrected chi connectivity index (χ1v) is 18.1. The van der Waals surface area contributed by atoms with Gasteiger partial charge in [0.25, 0.3) is 0 Å². The van der Waals surface area contributed by atoms with Crippen molar-refractivity contribution in [3.8, 4) is 0 Å². The van der Waals surface area contributed by atoms with Crippen LogP contribution in [-0.4, -0.2) is 40.3 Å². The maximum absolute atomic E-state index is 13.7. The highest BCUT2D eigenvalue weighted by Crippen LogP contribution is 2.41. The van der Waals surface area contributed by atoms with Crippen LogP contribution < -0.4 is 0 Å². The Balaban J connectivity index is 1.72. The number of esters is 2. The summed E-state index contributed by atoms with van der Waals surface area (Å²) in [5.74, 6) is -1.45. The highest BCUT2D eigenvalue weighted by Gasteiger charge is 2.39. The molecule has 0 N–H and O–H groups in total. The number of benzene rings is 3. The van der Waals surface area contributed by atoms with Gasteiger partial charge in [0.15, 0.2) is 14.1 Å². The number of carbonyl (C=O) groups is 3. The number of carbonyl (C=O) groups excluding carboxylic acids is 3. The molecule has 1 heterocycles. The third-order valence-corrected chi connectivity index (χ3v) is 13.4. The number of ketones is 1. The van der Waals surface area contributed by atoms with E-state index in [0.717, 1.165) is 28.3 Å². The Morgan fingerprint density at radius 1 is 0.795 bits per heavy atom. The van der Waals surface area contributed by atoms with E-state index in [0.29, 0.717) is 11.1 Å². The molecule has 0 fully saturated rings. The maximum atomic E-state index is 13.7. The quantitative estimate of drug-likeness (QED) is 0.0844. The second-order valence-corrected chi connectivity index (χ2v) is 17.7. The van der Waals surface area contributed by atoms with Gasteiger partial charge in [-0.3, -0.25) is 14.4 Å². The molecular weight excluding hydrogens is 572 g/mol. The van der Waals surface area contributed by atoms with Crippen LogP contribution in [0.15, 0.2) is 71.1 Å². The number of hydrogen-bond donors (Lipinski definition) is 0. The lowest BCUT2D eigenvalue weighted by Crippen LogP contribution is -2.42. The summed E-state index contributed by atoms with van der Waals surface area (Å²) in [7, 11) is 0.524. The number of furan rings is 1. The summed E-state index contributed by atoms with van der Waals surface area (Å²) in [4.78, 5) is 37.4. The van der Waals surface area contributed by atoms with E-state index >= 15 is 0 Å². The van der Waals surface area contributed by atoms with Crippen LogP contribution in [0.2, 0.25) is 18.1 Å². The fourth-order valence-electron chi connectivity index (χ4n) is 5.17. The highest BCUT2D eigenvalue weighted by molar-refractivity contribution is 6.74. The molecule has 4 aromatic rings. The van der Waals surface area contributed by atoms with Gasteiger partial charge in [-0.05, 0) is 72.4 Å². The molecule has 0 aliphatic rings. The van der Waals surface area contributed by atoms with Crippen LogP contribution in [0.3, 0.4) is 0 Å². The lowest BCUT2D eigenvalue weighted by molar-refractivity contribution is -0.141. The van der Waals surface area contributed by atoms with Gasteiger partial charge in [0.2, 0.25) is 0 Å². The first-order valence-electron chi connectivity index (χ1n) is 15.2. The van der Waals surface area contributed by atoms with E-state index in [9.17, 15) is 14.4 Å². The normalized spacial score (nSPS) is 12.9. The summed E-state index contributed by atoms with van der Waals surface area (Å²) in [5, 5.41) is 1.78. The van der Waals surface area contributed by atoms with E-state index in [2.05, 4.69) is 58.1 Å². The van der Waals surface area contributed by atoms with Gasteiger partial charge in [-0.1, -0.05) is 57.2 Å². The molecule has 8 heteroatoms. The molecule has 0 amide bonds. The summed E-state index contributed by atoms with van der Waals surface area (Å²) in [5.41, 5.74) is 4.17. The van der Waals surface area contributed by atoms with E-state index in [4.69, 9.17) is 18.3 Å². The number of methoxy groups -OCH3 is 2. The van der Waals surface area contributed by atoms with Crippen LogP contribution in [0.5, 0.6) is 0 Å². The van der Waals surface area contributed by atoms with Crippen molar-refractivity contribution in [3.63, 3.8) is 0 Å². The summed E-state index contributed by atoms with van der Waals surface area (Å²) in [6, 6.07) is 22.0. The summed E-state index contributed by atoms with van der Waals surface area (Å²) in [6.45, 7) is 11.3. The second kappa shape index (κ2) is 13.9. The number of hydrogen-bond acceptors (Lipinski definition) is 7. The molecular formula is C36H44O7Si. The molecule has 0 aliphatic heterocycles. The molecule has 4 rings (SSSR count). The smallest absolute Gasteiger partial charge is 0.305 e. The standard InChI is InChI=1S/C36H44O7Si/c1-36(2,3)44(6,7)43-32(21-24-11-9-8-10-12-24)26-13-17-30-28(22-26)29-23-27(14-18-31(29)42-30)35(39)25(15-19-33(37)40-4)16-20-34(38)41-5/h8-14,17-18,22-23,25,32H,15-16,19-21H2,1-7H3. The number of rotatable bonds is 13. The van der Waals surface area contributed by atoms with E-state index in [-0.39, 0.29) is 42.6 Å². The predicted octanol–water partition coefficient (Wildman–Crippen LogP) is 8.60. The van der Waals surface area contributed by atoms with Gasteiger partial charge in [-0.25, -0.2) is 0 Å². The van der Waals surface area contributed by atoms with Crippen molar-refractivity contribution >= 4 is 48.0 Å². The number of ether oxygens (including phenoxy) is 2. The Kier molecular flexibility index (Phi) is 10.5. The molecule has 44 heavy (non-hydrogen) atoms. The molecule has 1 unspecified atom stereocenters. The third-order valence-electron chi connectivity index (χ3n) is 8.88. The van der Waals surface area contributed by atoms with Crippen molar-refractivity contribution in [2.24, 2.45) is 5.92 Å². The SMILES string of the molecule is COC(=O)CCC(CCC(=O)OC)C(=O)c1ccc2oc3ccc(C(Cc4ccccc4)O[Si](C)(C)C(C)(C)C)cc3c2c1. The largest absolute Gasteiger partial charge is 0.469 e. The molecule has 0 spiro atoms. The number of fused-ring (bicyclic) bond motifs is 3. The summed E-state index contributed by atoms with van der Waals surface area (Å²) in [6.07, 6.45) is 1.32. The monoisotopic (exact) mass is 616 g/mol. The zero-order chi connectivity index (χ0) is 32.1. The molecule has 234 valence electrons. The average Bonchev–Trinajstić information content (AvgIpc) is 3.37. The second-order valence-electron chi connectivity index (χ2n) is 12.9. The Hall–Kier alpha value is -3.75. The number of Topliss-reactive ketones (excluding diaryl/α,β-unsaturated/α-hetero) is 1. The highest BCUT2D eigenvalue weighted by atomic mass is 28.4. The lowest BCUT2D eigenvalue weighted by atomic mass is 9.88. The maximum Gasteiger partial charge on any atom is 0.305 e. The Bertz CT molecular complexity index is 1590. The fraction of sp³-hybridized carbons (Fsp3) is 0.417. The predicted molar refractivity (Wildman–Crippen MR) is 175 cm³/mol. The van der Waals surface area contributed by atoms with Crippen molar-refractivity contribution < 1.29 is 32.7 Å². The van der Waals surface area contributed by atoms with Gasteiger partial charge in [-0.2, -0.15) is 0 Å². The van der Waals surface area contributed by atoms with Crippen molar-refractivity contribution in [1.82, 2.24) is 0 Å². The molecule has 7 nitrogen and oxygen atoms in total. The zero-order valence-electron chi connectivity index (χ0n) is 26.9. The van der Waals surface area contributed by atoms with Crippen molar-refractivity contribution in [1.29, 1.82) is 0 Å². The molecule has 3 aromatic carbocycles. The molecule has 0 saturated carbocycles. The van der Waals surface area contributed by atoms with E-state index < -0.39 is 26.2 Å². The molecule has 1 atom stereocenters. The summed E-state index contributed by atoms with van der Waals surface area (Å²) >= 11 is 0. The van der Waals surface area contributed by atoms with Crippen LogP contribution >= 0.6 is 0 Å². The molecule has 0 saturated heterocycles. The van der Waals surface area contributed by atoms with Crippen LogP contribution in [0.1, 0.15) is 74.0 Å². The van der Waals surface area contributed by atoms with Gasteiger partial charge in [0.1, 0.15) is 11.2 Å². The van der Waals surface area contributed by atoms with Gasteiger partial charge in [-0.15, -0.1) is 0 Å². The Morgan fingerprint density at radius 2 is 1.36 bits per heavy atom. The van der Waals surface area contributed by atoms with Crippen molar-refractivity contribution in [2.45, 2.75) is 77.1 Å². The van der Waals surface area contributed by atoms with Crippen LogP contribution in [0, 0.1) is 5.92 Å². The molecule has 0 radical (unpaired) electrons. The van der Waals surface area contributed by atoms with Crippen molar-refractivity contribution in [3.05, 3.63) is 83.4 Å². The molecule has 0 aliphatic carbocycles. The third kappa shape index (κ3) is 7.84. The minimum Gasteiger partial charge on any atom is -0.469 e. The minimum atomic E-state index is -2.12. The van der Waals surface area contributed by atoms with Crippen LogP contribution in [-0.2, 0) is 29.9 Å². The van der Waals surface area contributed by atoms with Crippen LogP contribution in [0.4, 0.5) is 0 Å². The Morgan fingerprint density at radius 3 is 1.93 bits per heavy atom. The van der Waals surface area contributed by atoms with E-state index in [1.165, 1.54) is 19.8 Å². The Labute approximate surface area is 261 Å². The minimum absolute atomic E-state index is 0.0436.